The van der Waals surface area contributed by atoms with E-state index in [1.807, 2.05) is 0 Å². The lowest BCUT2D eigenvalue weighted by Gasteiger charge is -2.22. The van der Waals surface area contributed by atoms with Crippen molar-refractivity contribution in [3.05, 3.63) is 29.3 Å². The SMILES string of the molecule is N#CCCN(Cc1cccc(N)c1C(=O)O)C1CC1. The average molecular weight is 259 g/mol. The molecule has 2 rings (SSSR count). The monoisotopic (exact) mass is 259 g/mol. The van der Waals surface area contributed by atoms with Gasteiger partial charge in [0.2, 0.25) is 0 Å². The Morgan fingerprint density at radius 1 is 1.53 bits per heavy atom. The van der Waals surface area contributed by atoms with Gasteiger partial charge in [-0.2, -0.15) is 5.26 Å². The number of carboxylic acid groups (broad SMARTS) is 1. The number of benzene rings is 1. The zero-order valence-electron chi connectivity index (χ0n) is 10.7. The minimum Gasteiger partial charge on any atom is -0.478 e. The van der Waals surface area contributed by atoms with Gasteiger partial charge in [0, 0.05) is 31.2 Å². The number of nitrogens with zero attached hydrogens (tertiary/aromatic N) is 2. The number of rotatable bonds is 6. The fraction of sp³-hybridized carbons (Fsp3) is 0.429. The molecule has 1 aromatic rings. The summed E-state index contributed by atoms with van der Waals surface area (Å²) in [6.45, 7) is 1.22. The van der Waals surface area contributed by atoms with Crippen molar-refractivity contribution in [1.82, 2.24) is 4.90 Å². The zero-order valence-corrected chi connectivity index (χ0v) is 10.7. The number of carboxylic acids is 1. The Bertz CT molecular complexity index is 518. The van der Waals surface area contributed by atoms with Crippen molar-refractivity contribution in [2.75, 3.05) is 12.3 Å². The molecule has 5 heteroatoms. The summed E-state index contributed by atoms with van der Waals surface area (Å²) in [6, 6.07) is 7.78. The molecule has 0 spiro atoms. The Morgan fingerprint density at radius 2 is 2.26 bits per heavy atom. The molecular formula is C14H17N3O2. The molecule has 0 saturated heterocycles. The molecule has 19 heavy (non-hydrogen) atoms. The molecule has 1 saturated carbocycles. The Hall–Kier alpha value is -2.06. The second kappa shape index (κ2) is 5.72. The van der Waals surface area contributed by atoms with Crippen LogP contribution in [0.25, 0.3) is 0 Å². The fourth-order valence-electron chi connectivity index (χ4n) is 2.26. The van der Waals surface area contributed by atoms with E-state index in [0.29, 0.717) is 31.2 Å². The molecule has 0 unspecified atom stereocenters. The van der Waals surface area contributed by atoms with Gasteiger partial charge in [0.1, 0.15) is 0 Å². The van der Waals surface area contributed by atoms with Crippen molar-refractivity contribution in [3.63, 3.8) is 0 Å². The van der Waals surface area contributed by atoms with E-state index in [1.165, 1.54) is 0 Å². The summed E-state index contributed by atoms with van der Waals surface area (Å²) < 4.78 is 0. The molecule has 0 heterocycles. The van der Waals surface area contributed by atoms with Crippen LogP contribution < -0.4 is 5.73 Å². The van der Waals surface area contributed by atoms with Gasteiger partial charge in [-0.3, -0.25) is 4.90 Å². The number of carbonyl (C=O) groups is 1. The van der Waals surface area contributed by atoms with Crippen molar-refractivity contribution < 1.29 is 9.90 Å². The normalized spacial score (nSPS) is 14.3. The van der Waals surface area contributed by atoms with Crippen LogP contribution in [0, 0.1) is 11.3 Å². The predicted molar refractivity (Wildman–Crippen MR) is 71.5 cm³/mol. The summed E-state index contributed by atoms with van der Waals surface area (Å²) in [5.74, 6) is -0.996. The lowest BCUT2D eigenvalue weighted by molar-refractivity contribution is 0.0695. The summed E-state index contributed by atoms with van der Waals surface area (Å²) in [7, 11) is 0. The molecule has 1 fully saturated rings. The van der Waals surface area contributed by atoms with Gasteiger partial charge in [0.05, 0.1) is 11.6 Å². The molecule has 5 nitrogen and oxygen atoms in total. The topological polar surface area (TPSA) is 90.4 Å². The molecule has 0 atom stereocenters. The van der Waals surface area contributed by atoms with Gasteiger partial charge in [0.15, 0.2) is 0 Å². The smallest absolute Gasteiger partial charge is 0.338 e. The molecule has 0 bridgehead atoms. The Morgan fingerprint density at radius 3 is 2.84 bits per heavy atom. The van der Waals surface area contributed by atoms with Gasteiger partial charge in [-0.05, 0) is 24.5 Å². The van der Waals surface area contributed by atoms with E-state index < -0.39 is 5.97 Å². The van der Waals surface area contributed by atoms with Crippen molar-refractivity contribution in [1.29, 1.82) is 5.26 Å². The molecule has 1 aliphatic carbocycles. The maximum Gasteiger partial charge on any atom is 0.338 e. The van der Waals surface area contributed by atoms with Crippen LogP contribution in [0.15, 0.2) is 18.2 Å². The van der Waals surface area contributed by atoms with E-state index in [-0.39, 0.29) is 5.56 Å². The van der Waals surface area contributed by atoms with Crippen LogP contribution in [-0.2, 0) is 6.54 Å². The first-order chi connectivity index (χ1) is 9.13. The molecule has 1 aliphatic rings. The van der Waals surface area contributed by atoms with E-state index >= 15 is 0 Å². The third-order valence-electron chi connectivity index (χ3n) is 3.34. The van der Waals surface area contributed by atoms with Crippen LogP contribution in [0.4, 0.5) is 5.69 Å². The maximum absolute atomic E-state index is 11.3. The van der Waals surface area contributed by atoms with E-state index in [4.69, 9.17) is 11.0 Å². The minimum atomic E-state index is -0.996. The quantitative estimate of drug-likeness (QED) is 0.761. The van der Waals surface area contributed by atoms with E-state index in [0.717, 1.165) is 18.4 Å². The van der Waals surface area contributed by atoms with Crippen LogP contribution >= 0.6 is 0 Å². The van der Waals surface area contributed by atoms with Crippen molar-refractivity contribution in [2.45, 2.75) is 31.8 Å². The number of hydrogen-bond acceptors (Lipinski definition) is 4. The number of nitrogen functional groups attached to an aromatic ring is 1. The Balaban J connectivity index is 2.19. The zero-order chi connectivity index (χ0) is 13.8. The molecular weight excluding hydrogens is 242 g/mol. The largest absolute Gasteiger partial charge is 0.478 e. The molecule has 3 N–H and O–H groups in total. The molecule has 0 radical (unpaired) electrons. The predicted octanol–water partition coefficient (Wildman–Crippen LogP) is 1.85. The first-order valence-corrected chi connectivity index (χ1v) is 6.35. The molecule has 0 aromatic heterocycles. The van der Waals surface area contributed by atoms with Gasteiger partial charge >= 0.3 is 5.97 Å². The second-order valence-corrected chi connectivity index (χ2v) is 4.80. The molecule has 1 aromatic carbocycles. The molecule has 0 aliphatic heterocycles. The van der Waals surface area contributed by atoms with E-state index in [1.54, 1.807) is 18.2 Å². The number of nitrogens with two attached hydrogens (primary N) is 1. The van der Waals surface area contributed by atoms with Crippen molar-refractivity contribution >= 4 is 11.7 Å². The first-order valence-electron chi connectivity index (χ1n) is 6.35. The summed E-state index contributed by atoms with van der Waals surface area (Å²) >= 11 is 0. The average Bonchev–Trinajstić information content (AvgIpc) is 3.18. The fourth-order valence-corrected chi connectivity index (χ4v) is 2.26. The number of hydrogen-bond donors (Lipinski definition) is 2. The molecule has 100 valence electrons. The van der Waals surface area contributed by atoms with Gasteiger partial charge in [-0.1, -0.05) is 12.1 Å². The lowest BCUT2D eigenvalue weighted by atomic mass is 10.0. The second-order valence-electron chi connectivity index (χ2n) is 4.80. The third kappa shape index (κ3) is 3.24. The highest BCUT2D eigenvalue weighted by molar-refractivity contribution is 5.95. The minimum absolute atomic E-state index is 0.185. The van der Waals surface area contributed by atoms with Gasteiger partial charge in [-0.25, -0.2) is 4.79 Å². The number of anilines is 1. The van der Waals surface area contributed by atoms with Gasteiger partial charge in [0.25, 0.3) is 0 Å². The Kier molecular flexibility index (Phi) is 4.03. The molecule has 0 amide bonds. The van der Waals surface area contributed by atoms with Crippen LogP contribution in [-0.4, -0.2) is 28.6 Å². The summed E-state index contributed by atoms with van der Waals surface area (Å²) in [4.78, 5) is 13.4. The first kappa shape index (κ1) is 13.4. The third-order valence-corrected chi connectivity index (χ3v) is 3.34. The van der Waals surface area contributed by atoms with Crippen LogP contribution in [0.2, 0.25) is 0 Å². The highest BCUT2D eigenvalue weighted by Crippen LogP contribution is 2.29. The number of nitriles is 1. The summed E-state index contributed by atoms with van der Waals surface area (Å²) in [6.07, 6.45) is 2.70. The van der Waals surface area contributed by atoms with Crippen molar-refractivity contribution in [3.8, 4) is 6.07 Å². The van der Waals surface area contributed by atoms with Crippen molar-refractivity contribution in [2.24, 2.45) is 0 Å². The van der Waals surface area contributed by atoms with Crippen LogP contribution in [0.5, 0.6) is 0 Å². The van der Waals surface area contributed by atoms with Crippen LogP contribution in [0.3, 0.4) is 0 Å². The van der Waals surface area contributed by atoms with E-state index in [9.17, 15) is 9.90 Å². The van der Waals surface area contributed by atoms with Gasteiger partial charge < -0.3 is 10.8 Å². The van der Waals surface area contributed by atoms with Crippen LogP contribution in [0.1, 0.15) is 35.2 Å². The Labute approximate surface area is 112 Å². The highest BCUT2D eigenvalue weighted by Gasteiger charge is 2.29. The summed E-state index contributed by atoms with van der Waals surface area (Å²) in [5.41, 5.74) is 6.94. The van der Waals surface area contributed by atoms with Gasteiger partial charge in [-0.15, -0.1) is 0 Å². The lowest BCUT2D eigenvalue weighted by Crippen LogP contribution is -2.27. The summed E-state index contributed by atoms with van der Waals surface area (Å²) in [5, 5.41) is 17.9. The highest BCUT2D eigenvalue weighted by atomic mass is 16.4. The van der Waals surface area contributed by atoms with E-state index in [2.05, 4.69) is 11.0 Å². The number of aromatic carboxylic acids is 1. The standard InChI is InChI=1S/C14H17N3O2/c15-7-2-8-17(11-5-6-11)9-10-3-1-4-12(16)13(10)14(18)19/h1,3-4,11H,2,5-6,8-9,16H2,(H,18,19). The maximum atomic E-state index is 11.3.